The van der Waals surface area contributed by atoms with Gasteiger partial charge in [-0.05, 0) is 68.7 Å². The van der Waals surface area contributed by atoms with Crippen molar-refractivity contribution in [1.82, 2.24) is 5.32 Å². The first kappa shape index (κ1) is 26.9. The SMILES string of the molecule is CCCCOc1ccc(C2=NC(C)(C)N=C2SCC(=O)NCCc2ccc(S(N)(=O)=O)cc2)cc1. The van der Waals surface area contributed by atoms with Crippen LogP contribution in [0.25, 0.3) is 0 Å². The zero-order valence-corrected chi connectivity index (χ0v) is 21.9. The second kappa shape index (κ2) is 11.8. The van der Waals surface area contributed by atoms with E-state index >= 15 is 0 Å². The van der Waals surface area contributed by atoms with Crippen molar-refractivity contribution in [3.8, 4) is 5.75 Å². The number of ether oxygens (including phenoxy) is 1. The lowest BCUT2D eigenvalue weighted by molar-refractivity contribution is -0.118. The fourth-order valence-electron chi connectivity index (χ4n) is 3.36. The summed E-state index contributed by atoms with van der Waals surface area (Å²) in [5, 5.41) is 8.75. The smallest absolute Gasteiger partial charge is 0.238 e. The number of nitrogens with one attached hydrogen (secondary N) is 1. The van der Waals surface area contributed by atoms with Crippen molar-refractivity contribution >= 4 is 38.4 Å². The maximum Gasteiger partial charge on any atom is 0.238 e. The molecule has 0 atom stereocenters. The molecule has 10 heteroatoms. The van der Waals surface area contributed by atoms with Crippen LogP contribution in [0.2, 0.25) is 0 Å². The Hall–Kier alpha value is -2.69. The van der Waals surface area contributed by atoms with Gasteiger partial charge in [0.25, 0.3) is 0 Å². The average Bonchev–Trinajstić information content (AvgIpc) is 3.12. The molecule has 0 fully saturated rings. The highest BCUT2D eigenvalue weighted by molar-refractivity contribution is 8.16. The Balaban J connectivity index is 1.51. The van der Waals surface area contributed by atoms with Crippen LogP contribution in [-0.4, -0.2) is 49.6 Å². The van der Waals surface area contributed by atoms with Crippen LogP contribution in [0.4, 0.5) is 0 Å². The highest BCUT2D eigenvalue weighted by Crippen LogP contribution is 2.27. The van der Waals surface area contributed by atoms with Crippen LogP contribution in [0, 0.1) is 0 Å². The number of amides is 1. The van der Waals surface area contributed by atoms with Gasteiger partial charge in [-0.25, -0.2) is 18.5 Å². The summed E-state index contributed by atoms with van der Waals surface area (Å²) in [6.07, 6.45) is 2.68. The van der Waals surface area contributed by atoms with Crippen molar-refractivity contribution in [3.63, 3.8) is 0 Å². The highest BCUT2D eigenvalue weighted by atomic mass is 32.2. The third-order valence-corrected chi connectivity index (χ3v) is 7.08. The van der Waals surface area contributed by atoms with Gasteiger partial charge in [-0.15, -0.1) is 0 Å². The molecule has 8 nitrogen and oxygen atoms in total. The minimum atomic E-state index is -3.71. The van der Waals surface area contributed by atoms with Crippen LogP contribution in [0.3, 0.4) is 0 Å². The van der Waals surface area contributed by atoms with Crippen LogP contribution in [-0.2, 0) is 21.2 Å². The van der Waals surface area contributed by atoms with E-state index in [0.717, 1.165) is 40.5 Å². The molecule has 0 saturated heterocycles. The summed E-state index contributed by atoms with van der Waals surface area (Å²) < 4.78 is 28.4. The quantitative estimate of drug-likeness (QED) is 0.442. The molecule has 2 aromatic rings. The molecule has 1 amide bonds. The predicted molar refractivity (Wildman–Crippen MR) is 142 cm³/mol. The van der Waals surface area contributed by atoms with E-state index in [0.29, 0.717) is 19.6 Å². The highest BCUT2D eigenvalue weighted by Gasteiger charge is 2.28. The van der Waals surface area contributed by atoms with E-state index in [2.05, 4.69) is 12.2 Å². The molecule has 0 unspecified atom stereocenters. The number of sulfonamides is 1. The Labute approximate surface area is 211 Å². The van der Waals surface area contributed by atoms with Gasteiger partial charge in [0.2, 0.25) is 15.9 Å². The average molecular weight is 517 g/mol. The maximum atomic E-state index is 12.4. The molecule has 1 aliphatic rings. The number of hydrogen-bond donors (Lipinski definition) is 2. The number of carbonyl (C=O) groups is 1. The number of unbranched alkanes of at least 4 members (excludes halogenated alkanes) is 1. The van der Waals surface area contributed by atoms with Crippen molar-refractivity contribution in [2.45, 2.75) is 50.6 Å². The fraction of sp³-hybridized carbons (Fsp3) is 0.400. The van der Waals surface area contributed by atoms with Gasteiger partial charge in [-0.2, -0.15) is 0 Å². The first-order chi connectivity index (χ1) is 16.6. The van der Waals surface area contributed by atoms with Gasteiger partial charge in [0, 0.05) is 12.1 Å². The van der Waals surface area contributed by atoms with Crippen LogP contribution < -0.4 is 15.2 Å². The van der Waals surface area contributed by atoms with Crippen molar-refractivity contribution in [2.24, 2.45) is 15.1 Å². The summed E-state index contributed by atoms with van der Waals surface area (Å²) in [5.41, 5.74) is 2.05. The van der Waals surface area contributed by atoms with Gasteiger partial charge in [-0.3, -0.25) is 9.79 Å². The fourth-order valence-corrected chi connectivity index (χ4v) is 4.83. The van der Waals surface area contributed by atoms with E-state index in [1.54, 1.807) is 12.1 Å². The molecule has 35 heavy (non-hydrogen) atoms. The third-order valence-electron chi connectivity index (χ3n) is 5.19. The van der Waals surface area contributed by atoms with E-state index in [1.165, 1.54) is 23.9 Å². The van der Waals surface area contributed by atoms with Crippen LogP contribution in [0.15, 0.2) is 63.4 Å². The van der Waals surface area contributed by atoms with Gasteiger partial charge in [0.1, 0.15) is 16.5 Å². The van der Waals surface area contributed by atoms with Gasteiger partial charge in [0.05, 0.1) is 23.0 Å². The molecule has 2 aromatic carbocycles. The lowest BCUT2D eigenvalue weighted by Crippen LogP contribution is -2.28. The minimum Gasteiger partial charge on any atom is -0.494 e. The van der Waals surface area contributed by atoms with E-state index in [9.17, 15) is 13.2 Å². The molecular formula is C25H32N4O4S2. The van der Waals surface area contributed by atoms with Crippen LogP contribution in [0.1, 0.15) is 44.7 Å². The number of thioether (sulfide) groups is 1. The zero-order chi connectivity index (χ0) is 25.5. The molecule has 0 aromatic heterocycles. The standard InChI is InChI=1S/C25H32N4O4S2/c1-4-5-16-33-20-10-8-19(9-11-20)23-24(29-25(2,3)28-23)34-17-22(30)27-15-14-18-6-12-21(13-7-18)35(26,31)32/h6-13H,4-5,14-17H2,1-3H3,(H,27,30)(H2,26,31,32). The third kappa shape index (κ3) is 8.19. The molecule has 1 heterocycles. The summed E-state index contributed by atoms with van der Waals surface area (Å²) in [7, 11) is -3.71. The normalized spacial score (nSPS) is 14.9. The number of carbonyl (C=O) groups excluding carboxylic acids is 1. The first-order valence-electron chi connectivity index (χ1n) is 11.5. The minimum absolute atomic E-state index is 0.0677. The number of primary sulfonamides is 1. The topological polar surface area (TPSA) is 123 Å². The molecular weight excluding hydrogens is 484 g/mol. The monoisotopic (exact) mass is 516 g/mol. The van der Waals surface area contributed by atoms with E-state index < -0.39 is 15.7 Å². The number of nitrogens with two attached hydrogens (primary N) is 1. The summed E-state index contributed by atoms with van der Waals surface area (Å²) in [5.74, 6) is 0.934. The van der Waals surface area contributed by atoms with E-state index in [1.807, 2.05) is 38.1 Å². The van der Waals surface area contributed by atoms with Gasteiger partial charge in [-0.1, -0.05) is 37.2 Å². The van der Waals surface area contributed by atoms with Crippen LogP contribution >= 0.6 is 11.8 Å². The Morgan fingerprint density at radius 2 is 1.77 bits per heavy atom. The second-order valence-corrected chi connectivity index (χ2v) is 11.2. The number of aliphatic imine (C=N–C) groups is 2. The Morgan fingerprint density at radius 3 is 2.40 bits per heavy atom. The second-order valence-electron chi connectivity index (χ2n) is 8.68. The number of rotatable bonds is 11. The van der Waals surface area contributed by atoms with Crippen LogP contribution in [0.5, 0.6) is 5.75 Å². The molecule has 3 rings (SSSR count). The van der Waals surface area contributed by atoms with Gasteiger partial charge in [0.15, 0.2) is 0 Å². The van der Waals surface area contributed by atoms with Crippen molar-refractivity contribution in [2.75, 3.05) is 18.9 Å². The number of nitrogens with zero attached hydrogens (tertiary/aromatic N) is 2. The maximum absolute atomic E-state index is 12.4. The van der Waals surface area contributed by atoms with E-state index in [-0.39, 0.29) is 16.6 Å². The first-order valence-corrected chi connectivity index (χ1v) is 14.0. The molecule has 0 radical (unpaired) electrons. The van der Waals surface area contributed by atoms with Gasteiger partial charge >= 0.3 is 0 Å². The lowest BCUT2D eigenvalue weighted by atomic mass is 10.1. The molecule has 0 saturated carbocycles. The lowest BCUT2D eigenvalue weighted by Gasteiger charge is -2.09. The predicted octanol–water partition coefficient (Wildman–Crippen LogP) is 3.54. The largest absolute Gasteiger partial charge is 0.494 e. The molecule has 1 aliphatic heterocycles. The van der Waals surface area contributed by atoms with Crippen molar-refractivity contribution in [1.29, 1.82) is 0 Å². The molecule has 0 aliphatic carbocycles. The van der Waals surface area contributed by atoms with Crippen molar-refractivity contribution < 1.29 is 17.9 Å². The number of benzene rings is 2. The Morgan fingerprint density at radius 1 is 1.09 bits per heavy atom. The Bertz CT molecular complexity index is 1190. The molecule has 0 bridgehead atoms. The number of hydrogen-bond acceptors (Lipinski definition) is 7. The zero-order valence-electron chi connectivity index (χ0n) is 20.3. The summed E-state index contributed by atoms with van der Waals surface area (Å²) >= 11 is 1.36. The van der Waals surface area contributed by atoms with E-state index in [4.69, 9.17) is 19.9 Å². The Kier molecular flexibility index (Phi) is 9.09. The summed E-state index contributed by atoms with van der Waals surface area (Å²) in [4.78, 5) is 21.9. The molecule has 0 spiro atoms. The summed E-state index contributed by atoms with van der Waals surface area (Å²) in [6.45, 7) is 7.13. The summed E-state index contributed by atoms with van der Waals surface area (Å²) in [6, 6.07) is 14.1. The molecule has 3 N–H and O–H groups in total. The molecule has 188 valence electrons. The van der Waals surface area contributed by atoms with Crippen molar-refractivity contribution in [3.05, 3.63) is 59.7 Å². The van der Waals surface area contributed by atoms with Gasteiger partial charge < -0.3 is 10.1 Å².